The predicted molar refractivity (Wildman–Crippen MR) is 137 cm³/mol. The van der Waals surface area contributed by atoms with E-state index in [2.05, 4.69) is 17.2 Å². The molecule has 7 heteroatoms. The number of anilines is 2. The molecule has 0 saturated heterocycles. The van der Waals surface area contributed by atoms with Gasteiger partial charge < -0.3 is 15.2 Å². The standard InChI is InChI=1S/C28H24ClFN2O3/c1-3-15-4-8-19(9-5-15)32-25-20-10-17(18-11-22(29)28(34)24(13-18)35-2)12-23(30)26(20)31-14-21(25)27(33)16-6-7-16/h4-5,8-14,16,34H,3,6-7H2,1-2H3,(H,31,32). The maximum atomic E-state index is 15.3. The maximum absolute atomic E-state index is 15.3. The zero-order valence-corrected chi connectivity index (χ0v) is 20.1. The Hall–Kier alpha value is -3.64. The fourth-order valence-electron chi connectivity index (χ4n) is 4.18. The van der Waals surface area contributed by atoms with Gasteiger partial charge in [-0.05, 0) is 72.4 Å². The van der Waals surface area contributed by atoms with Crippen LogP contribution in [0.2, 0.25) is 5.02 Å². The molecule has 35 heavy (non-hydrogen) atoms. The van der Waals surface area contributed by atoms with Crippen LogP contribution in [0, 0.1) is 11.7 Å². The Labute approximate surface area is 207 Å². The van der Waals surface area contributed by atoms with Crippen LogP contribution >= 0.6 is 11.6 Å². The summed E-state index contributed by atoms with van der Waals surface area (Å²) in [5.41, 5.74) is 4.17. The number of carbonyl (C=O) groups excluding carboxylic acids is 1. The fourth-order valence-corrected chi connectivity index (χ4v) is 4.39. The van der Waals surface area contributed by atoms with Crippen molar-refractivity contribution in [2.24, 2.45) is 5.92 Å². The minimum atomic E-state index is -0.532. The molecule has 2 N–H and O–H groups in total. The van der Waals surface area contributed by atoms with E-state index < -0.39 is 5.82 Å². The number of aryl methyl sites for hydroxylation is 1. The van der Waals surface area contributed by atoms with Crippen molar-refractivity contribution >= 4 is 39.7 Å². The number of phenols is 1. The zero-order valence-electron chi connectivity index (χ0n) is 19.4. The Morgan fingerprint density at radius 1 is 1.17 bits per heavy atom. The predicted octanol–water partition coefficient (Wildman–Crippen LogP) is 7.31. The molecule has 4 aromatic rings. The molecule has 0 unspecified atom stereocenters. The number of hydrogen-bond donors (Lipinski definition) is 2. The second kappa shape index (κ2) is 9.19. The van der Waals surface area contributed by atoms with Gasteiger partial charge in [-0.25, -0.2) is 4.39 Å². The number of carbonyl (C=O) groups is 1. The summed E-state index contributed by atoms with van der Waals surface area (Å²) in [6.45, 7) is 2.08. The summed E-state index contributed by atoms with van der Waals surface area (Å²) in [6.07, 6.45) is 4.08. The highest BCUT2D eigenvalue weighted by Gasteiger charge is 2.33. The molecule has 1 fully saturated rings. The lowest BCUT2D eigenvalue weighted by Gasteiger charge is -2.16. The molecule has 0 bridgehead atoms. The summed E-state index contributed by atoms with van der Waals surface area (Å²) in [7, 11) is 1.42. The summed E-state index contributed by atoms with van der Waals surface area (Å²) in [6, 6.07) is 14.2. The SMILES string of the molecule is CCc1ccc(Nc2c(C(=O)C3CC3)cnc3c(F)cc(-c4cc(Cl)c(O)c(OC)c4)cc23)cc1. The topological polar surface area (TPSA) is 71.5 Å². The number of fused-ring (bicyclic) bond motifs is 1. The molecule has 0 spiro atoms. The third-order valence-electron chi connectivity index (χ3n) is 6.35. The number of ketones is 1. The van der Waals surface area contributed by atoms with E-state index in [0.29, 0.717) is 27.8 Å². The molecule has 5 rings (SSSR count). The number of phenolic OH excluding ortho intramolecular Hbond substituents is 1. The maximum Gasteiger partial charge on any atom is 0.176 e. The Bertz CT molecular complexity index is 1450. The number of nitrogens with zero attached hydrogens (tertiary/aromatic N) is 1. The highest BCUT2D eigenvalue weighted by atomic mass is 35.5. The van der Waals surface area contributed by atoms with E-state index in [9.17, 15) is 9.90 Å². The number of Topliss-reactive ketones (excluding diaryl/α,β-unsaturated/α-hetero) is 1. The second-order valence-corrected chi connectivity index (χ2v) is 9.13. The molecule has 1 saturated carbocycles. The van der Waals surface area contributed by atoms with Crippen LogP contribution < -0.4 is 10.1 Å². The first-order valence-corrected chi connectivity index (χ1v) is 11.9. The van der Waals surface area contributed by atoms with E-state index in [0.717, 1.165) is 24.9 Å². The van der Waals surface area contributed by atoms with Crippen LogP contribution in [0.3, 0.4) is 0 Å². The largest absolute Gasteiger partial charge is 0.503 e. The summed E-state index contributed by atoms with van der Waals surface area (Å²) < 4.78 is 20.5. The van der Waals surface area contributed by atoms with Gasteiger partial charge in [0.2, 0.25) is 0 Å². The van der Waals surface area contributed by atoms with Gasteiger partial charge >= 0.3 is 0 Å². The number of ether oxygens (including phenoxy) is 1. The van der Waals surface area contributed by atoms with Crippen LogP contribution in [-0.2, 0) is 6.42 Å². The summed E-state index contributed by atoms with van der Waals surface area (Å²) in [5.74, 6) is -0.553. The molecule has 0 atom stereocenters. The van der Waals surface area contributed by atoms with E-state index >= 15 is 4.39 Å². The van der Waals surface area contributed by atoms with Crippen molar-refractivity contribution in [3.05, 3.63) is 76.7 Å². The Morgan fingerprint density at radius 3 is 2.54 bits per heavy atom. The molecule has 5 nitrogen and oxygen atoms in total. The molecular weight excluding hydrogens is 467 g/mol. The van der Waals surface area contributed by atoms with Crippen molar-refractivity contribution in [1.82, 2.24) is 4.98 Å². The van der Waals surface area contributed by atoms with Crippen LogP contribution in [0.1, 0.15) is 35.7 Å². The van der Waals surface area contributed by atoms with Crippen molar-refractivity contribution in [1.29, 1.82) is 0 Å². The van der Waals surface area contributed by atoms with Gasteiger partial charge in [0, 0.05) is 23.2 Å². The third kappa shape index (κ3) is 4.42. The number of nitrogens with one attached hydrogen (secondary N) is 1. The molecule has 0 aliphatic heterocycles. The molecule has 0 radical (unpaired) electrons. The van der Waals surface area contributed by atoms with Crippen molar-refractivity contribution in [3.63, 3.8) is 0 Å². The fraction of sp³-hybridized carbons (Fsp3) is 0.214. The van der Waals surface area contributed by atoms with Gasteiger partial charge in [-0.15, -0.1) is 0 Å². The number of pyridine rings is 1. The highest BCUT2D eigenvalue weighted by molar-refractivity contribution is 6.32. The van der Waals surface area contributed by atoms with Crippen molar-refractivity contribution < 1.29 is 19.0 Å². The number of methoxy groups -OCH3 is 1. The third-order valence-corrected chi connectivity index (χ3v) is 6.64. The van der Waals surface area contributed by atoms with Gasteiger partial charge in [-0.3, -0.25) is 9.78 Å². The lowest BCUT2D eigenvalue weighted by Crippen LogP contribution is -2.08. The molecule has 1 heterocycles. The van der Waals surface area contributed by atoms with Crippen LogP contribution in [0.4, 0.5) is 15.8 Å². The summed E-state index contributed by atoms with van der Waals surface area (Å²) in [5, 5.41) is 14.0. The number of halogens is 2. The van der Waals surface area contributed by atoms with Gasteiger partial charge in [0.15, 0.2) is 17.3 Å². The van der Waals surface area contributed by atoms with E-state index in [1.54, 1.807) is 18.2 Å². The summed E-state index contributed by atoms with van der Waals surface area (Å²) in [4.78, 5) is 17.4. The van der Waals surface area contributed by atoms with E-state index in [-0.39, 0.29) is 33.7 Å². The molecule has 0 amide bonds. The number of hydrogen-bond acceptors (Lipinski definition) is 5. The van der Waals surface area contributed by atoms with Gasteiger partial charge in [0.1, 0.15) is 11.3 Å². The van der Waals surface area contributed by atoms with Crippen LogP contribution in [0.5, 0.6) is 11.5 Å². The molecule has 1 aromatic heterocycles. The zero-order chi connectivity index (χ0) is 24.7. The van der Waals surface area contributed by atoms with Gasteiger partial charge in [-0.2, -0.15) is 0 Å². The number of aromatic hydroxyl groups is 1. The number of benzene rings is 3. The minimum absolute atomic E-state index is 0.00670. The molecule has 178 valence electrons. The molecule has 1 aliphatic rings. The normalized spacial score (nSPS) is 13.1. The summed E-state index contributed by atoms with van der Waals surface area (Å²) >= 11 is 6.18. The Morgan fingerprint density at radius 2 is 1.89 bits per heavy atom. The van der Waals surface area contributed by atoms with Gasteiger partial charge in [-0.1, -0.05) is 30.7 Å². The average molecular weight is 491 g/mol. The van der Waals surface area contributed by atoms with E-state index in [1.807, 2.05) is 24.3 Å². The molecular formula is C28H24ClFN2O3. The number of aromatic nitrogens is 1. The van der Waals surface area contributed by atoms with Crippen LogP contribution in [0.25, 0.3) is 22.0 Å². The minimum Gasteiger partial charge on any atom is -0.503 e. The van der Waals surface area contributed by atoms with Crippen LogP contribution in [-0.4, -0.2) is 23.0 Å². The second-order valence-electron chi connectivity index (χ2n) is 8.72. The van der Waals surface area contributed by atoms with E-state index in [4.69, 9.17) is 16.3 Å². The Balaban J connectivity index is 1.71. The molecule has 1 aliphatic carbocycles. The highest BCUT2D eigenvalue weighted by Crippen LogP contribution is 2.42. The van der Waals surface area contributed by atoms with Gasteiger partial charge in [0.25, 0.3) is 0 Å². The smallest absolute Gasteiger partial charge is 0.176 e. The first kappa shape index (κ1) is 23.1. The first-order valence-electron chi connectivity index (χ1n) is 11.5. The lowest BCUT2D eigenvalue weighted by atomic mass is 9.98. The lowest BCUT2D eigenvalue weighted by molar-refractivity contribution is 0.0968. The van der Waals surface area contributed by atoms with E-state index in [1.165, 1.54) is 24.9 Å². The quantitative estimate of drug-likeness (QED) is 0.266. The average Bonchev–Trinajstić information content (AvgIpc) is 3.71. The van der Waals surface area contributed by atoms with Crippen molar-refractivity contribution in [2.45, 2.75) is 26.2 Å². The number of rotatable bonds is 7. The Kier molecular flexibility index (Phi) is 6.07. The van der Waals surface area contributed by atoms with Crippen LogP contribution in [0.15, 0.2) is 54.7 Å². The van der Waals surface area contributed by atoms with Crippen molar-refractivity contribution in [2.75, 3.05) is 12.4 Å². The first-order chi connectivity index (χ1) is 16.9. The monoisotopic (exact) mass is 490 g/mol. The van der Waals surface area contributed by atoms with Crippen molar-refractivity contribution in [3.8, 4) is 22.6 Å². The van der Waals surface area contributed by atoms with Gasteiger partial charge in [0.05, 0.1) is 23.4 Å². The molecule has 3 aromatic carbocycles.